The highest BCUT2D eigenvalue weighted by atomic mass is 16.2. The number of rotatable bonds is 4. The summed E-state index contributed by atoms with van der Waals surface area (Å²) >= 11 is 0. The quantitative estimate of drug-likeness (QED) is 0.813. The lowest BCUT2D eigenvalue weighted by Crippen LogP contribution is -2.42. The molecule has 2 atom stereocenters. The van der Waals surface area contributed by atoms with E-state index in [1.807, 2.05) is 18.2 Å². The van der Waals surface area contributed by atoms with Crippen LogP contribution in [0, 0.1) is 13.8 Å². The second-order valence-corrected chi connectivity index (χ2v) is 6.18. The molecule has 1 aliphatic heterocycles. The van der Waals surface area contributed by atoms with Gasteiger partial charge in [-0.2, -0.15) is 0 Å². The number of amides is 1. The summed E-state index contributed by atoms with van der Waals surface area (Å²) in [5, 5.41) is 3.02. The summed E-state index contributed by atoms with van der Waals surface area (Å²) in [6.45, 7) is 4.70. The molecule has 0 bridgehead atoms. The highest BCUT2D eigenvalue weighted by molar-refractivity contribution is 5.82. The maximum atomic E-state index is 12.3. The van der Waals surface area contributed by atoms with Crippen LogP contribution in [-0.4, -0.2) is 11.9 Å². The van der Waals surface area contributed by atoms with Gasteiger partial charge in [-0.25, -0.2) is 10.9 Å². The number of benzene rings is 2. The van der Waals surface area contributed by atoms with Crippen molar-refractivity contribution >= 4 is 5.91 Å². The molecule has 3 rings (SSSR count). The molecule has 1 heterocycles. The molecule has 23 heavy (non-hydrogen) atoms. The minimum Gasteiger partial charge on any atom is -0.351 e. The van der Waals surface area contributed by atoms with E-state index in [0.717, 1.165) is 12.0 Å². The molecule has 1 fully saturated rings. The zero-order valence-electron chi connectivity index (χ0n) is 13.6. The number of hydrogen-bond donors (Lipinski definition) is 3. The zero-order chi connectivity index (χ0) is 16.2. The summed E-state index contributed by atoms with van der Waals surface area (Å²) in [4.78, 5) is 12.3. The van der Waals surface area contributed by atoms with Crippen LogP contribution < -0.4 is 16.2 Å². The molecule has 4 heteroatoms. The van der Waals surface area contributed by atoms with E-state index < -0.39 is 0 Å². The van der Waals surface area contributed by atoms with Crippen molar-refractivity contribution in [1.82, 2.24) is 16.2 Å². The first-order chi connectivity index (χ1) is 11.1. The van der Waals surface area contributed by atoms with Crippen LogP contribution in [0.2, 0.25) is 0 Å². The Balaban J connectivity index is 1.55. The van der Waals surface area contributed by atoms with Gasteiger partial charge in [0, 0.05) is 12.6 Å². The number of carbonyl (C=O) groups is 1. The van der Waals surface area contributed by atoms with Gasteiger partial charge in [0.25, 0.3) is 0 Å². The minimum atomic E-state index is -0.203. The van der Waals surface area contributed by atoms with Crippen LogP contribution in [0.15, 0.2) is 48.5 Å². The highest BCUT2D eigenvalue weighted by Gasteiger charge is 2.29. The Kier molecular flexibility index (Phi) is 4.74. The molecule has 0 aromatic heterocycles. The highest BCUT2D eigenvalue weighted by Crippen LogP contribution is 2.22. The van der Waals surface area contributed by atoms with Crippen molar-refractivity contribution in [1.29, 1.82) is 0 Å². The molecule has 1 amide bonds. The second-order valence-electron chi connectivity index (χ2n) is 6.18. The number of aryl methyl sites for hydroxylation is 2. The minimum absolute atomic E-state index is 0.0374. The Bertz CT molecular complexity index is 681. The third kappa shape index (κ3) is 3.78. The van der Waals surface area contributed by atoms with Crippen LogP contribution in [0.4, 0.5) is 0 Å². The van der Waals surface area contributed by atoms with Crippen LogP contribution >= 0.6 is 0 Å². The van der Waals surface area contributed by atoms with Gasteiger partial charge in [-0.05, 0) is 37.0 Å². The van der Waals surface area contributed by atoms with E-state index in [2.05, 4.69) is 60.3 Å². The smallest absolute Gasteiger partial charge is 0.238 e. The fourth-order valence-corrected chi connectivity index (χ4v) is 2.86. The van der Waals surface area contributed by atoms with Gasteiger partial charge in [0.05, 0.1) is 0 Å². The van der Waals surface area contributed by atoms with E-state index in [-0.39, 0.29) is 18.0 Å². The fraction of sp³-hybridized carbons (Fsp3) is 0.316. The van der Waals surface area contributed by atoms with Crippen molar-refractivity contribution in [2.24, 2.45) is 0 Å². The summed E-state index contributed by atoms with van der Waals surface area (Å²) in [6.07, 6.45) is 0.753. The molecule has 2 aromatic rings. The van der Waals surface area contributed by atoms with Crippen LogP contribution in [0.1, 0.15) is 34.7 Å². The molecule has 1 aliphatic rings. The molecule has 1 saturated heterocycles. The average Bonchev–Trinajstić information content (AvgIpc) is 3.04. The van der Waals surface area contributed by atoms with E-state index >= 15 is 0 Å². The third-order valence-corrected chi connectivity index (χ3v) is 4.41. The summed E-state index contributed by atoms with van der Waals surface area (Å²) in [5.74, 6) is 0.0374. The Labute approximate surface area is 137 Å². The van der Waals surface area contributed by atoms with E-state index in [1.165, 1.54) is 16.7 Å². The molecule has 120 valence electrons. The summed E-state index contributed by atoms with van der Waals surface area (Å²) in [7, 11) is 0. The first-order valence-corrected chi connectivity index (χ1v) is 8.03. The maximum absolute atomic E-state index is 12.3. The molecule has 3 N–H and O–H groups in total. The van der Waals surface area contributed by atoms with Gasteiger partial charge in [0.1, 0.15) is 6.04 Å². The Morgan fingerprint density at radius 3 is 2.57 bits per heavy atom. The largest absolute Gasteiger partial charge is 0.351 e. The third-order valence-electron chi connectivity index (χ3n) is 4.41. The van der Waals surface area contributed by atoms with Crippen molar-refractivity contribution in [3.8, 4) is 0 Å². The average molecular weight is 309 g/mol. The molecular formula is C19H23N3O. The molecular weight excluding hydrogens is 286 g/mol. The molecule has 2 aromatic carbocycles. The van der Waals surface area contributed by atoms with Gasteiger partial charge in [-0.1, -0.05) is 54.1 Å². The van der Waals surface area contributed by atoms with Crippen molar-refractivity contribution in [3.63, 3.8) is 0 Å². The molecule has 4 nitrogen and oxygen atoms in total. The SMILES string of the molecule is Cc1ccc(C2CC(C(=O)NCc3ccccc3C)NN2)cc1. The maximum Gasteiger partial charge on any atom is 0.238 e. The summed E-state index contributed by atoms with van der Waals surface area (Å²) in [6, 6.07) is 16.5. The lowest BCUT2D eigenvalue weighted by molar-refractivity contribution is -0.123. The monoisotopic (exact) mass is 309 g/mol. The first kappa shape index (κ1) is 15.7. The van der Waals surface area contributed by atoms with E-state index in [4.69, 9.17) is 0 Å². The van der Waals surface area contributed by atoms with Crippen LogP contribution in [-0.2, 0) is 11.3 Å². The van der Waals surface area contributed by atoms with Crippen molar-refractivity contribution < 1.29 is 4.79 Å². The Morgan fingerprint density at radius 2 is 1.83 bits per heavy atom. The standard InChI is InChI=1S/C19H23N3O/c1-13-7-9-15(10-8-13)17-11-18(22-21-17)19(23)20-12-16-6-4-3-5-14(16)2/h3-10,17-18,21-22H,11-12H2,1-2H3,(H,20,23). The molecule has 0 radical (unpaired) electrons. The predicted molar refractivity (Wildman–Crippen MR) is 91.6 cm³/mol. The topological polar surface area (TPSA) is 53.2 Å². The number of nitrogens with one attached hydrogen (secondary N) is 3. The number of hydrazine groups is 1. The summed E-state index contributed by atoms with van der Waals surface area (Å²) in [5.41, 5.74) is 11.1. The van der Waals surface area contributed by atoms with Crippen LogP contribution in [0.3, 0.4) is 0 Å². The van der Waals surface area contributed by atoms with Gasteiger partial charge in [0.2, 0.25) is 5.91 Å². The van der Waals surface area contributed by atoms with Gasteiger partial charge in [-0.3, -0.25) is 4.79 Å². The Morgan fingerprint density at radius 1 is 1.09 bits per heavy atom. The Hall–Kier alpha value is -2.17. The van der Waals surface area contributed by atoms with E-state index in [0.29, 0.717) is 6.54 Å². The molecule has 0 spiro atoms. The zero-order valence-corrected chi connectivity index (χ0v) is 13.6. The van der Waals surface area contributed by atoms with Crippen molar-refractivity contribution in [3.05, 3.63) is 70.8 Å². The van der Waals surface area contributed by atoms with Crippen molar-refractivity contribution in [2.45, 2.75) is 38.9 Å². The lowest BCUT2D eigenvalue weighted by atomic mass is 10.0. The number of carbonyl (C=O) groups excluding carboxylic acids is 1. The molecule has 0 saturated carbocycles. The van der Waals surface area contributed by atoms with Crippen LogP contribution in [0.5, 0.6) is 0 Å². The van der Waals surface area contributed by atoms with Gasteiger partial charge < -0.3 is 5.32 Å². The molecule has 2 unspecified atom stereocenters. The number of hydrogen-bond acceptors (Lipinski definition) is 3. The molecule has 0 aliphatic carbocycles. The fourth-order valence-electron chi connectivity index (χ4n) is 2.86. The normalized spacial score (nSPS) is 20.4. The van der Waals surface area contributed by atoms with E-state index in [1.54, 1.807) is 0 Å². The van der Waals surface area contributed by atoms with Crippen molar-refractivity contribution in [2.75, 3.05) is 0 Å². The second kappa shape index (κ2) is 6.94. The first-order valence-electron chi connectivity index (χ1n) is 8.03. The lowest BCUT2D eigenvalue weighted by Gasteiger charge is -2.12. The van der Waals surface area contributed by atoms with Gasteiger partial charge in [-0.15, -0.1) is 0 Å². The van der Waals surface area contributed by atoms with Crippen LogP contribution in [0.25, 0.3) is 0 Å². The predicted octanol–water partition coefficient (Wildman–Crippen LogP) is 2.53. The van der Waals surface area contributed by atoms with Gasteiger partial charge >= 0.3 is 0 Å². The van der Waals surface area contributed by atoms with E-state index in [9.17, 15) is 4.79 Å². The van der Waals surface area contributed by atoms with Gasteiger partial charge in [0.15, 0.2) is 0 Å². The summed E-state index contributed by atoms with van der Waals surface area (Å²) < 4.78 is 0.